The van der Waals surface area contributed by atoms with Gasteiger partial charge in [-0.25, -0.2) is 9.97 Å². The van der Waals surface area contributed by atoms with Gasteiger partial charge in [0.25, 0.3) is 0 Å². The Morgan fingerprint density at radius 1 is 0.977 bits per heavy atom. The van der Waals surface area contributed by atoms with E-state index in [1.165, 1.54) is 6.33 Å². The lowest BCUT2D eigenvalue weighted by Crippen LogP contribution is -2.54. The number of nitrogens with one attached hydrogen (secondary N) is 1. The molecule has 1 aliphatic carbocycles. The van der Waals surface area contributed by atoms with Crippen LogP contribution in [0.4, 0.5) is 5.82 Å². The molecule has 11 heteroatoms. The summed E-state index contributed by atoms with van der Waals surface area (Å²) < 4.78 is 15.9. The Morgan fingerprint density at radius 2 is 1.59 bits per heavy atom. The van der Waals surface area contributed by atoms with Crippen molar-refractivity contribution >= 4 is 28.2 Å². The SMILES string of the molecule is CC(C)(C)[Si](C)(C)O[C@@H]1[C@@H](CO)C[C@@H](Nc2ncncc2C(=O)c2ccn(Cc3ccccc3)n2)[C@H]1O[Si](C)(C)C(C)(C)C. The first-order chi connectivity index (χ1) is 20.4. The van der Waals surface area contributed by atoms with Gasteiger partial charge in [-0.1, -0.05) is 71.9 Å². The molecule has 4 atom stereocenters. The van der Waals surface area contributed by atoms with Crippen molar-refractivity contribution in [2.75, 3.05) is 11.9 Å². The number of carbonyl (C=O) groups is 1. The molecule has 2 heterocycles. The maximum Gasteiger partial charge on any atom is 0.218 e. The van der Waals surface area contributed by atoms with Gasteiger partial charge >= 0.3 is 0 Å². The Hall–Kier alpha value is -2.71. The van der Waals surface area contributed by atoms with Gasteiger partial charge in [0.1, 0.15) is 17.8 Å². The van der Waals surface area contributed by atoms with Crippen LogP contribution in [0.5, 0.6) is 0 Å². The number of hydrogen-bond acceptors (Lipinski definition) is 8. The van der Waals surface area contributed by atoms with Crippen molar-refractivity contribution in [2.24, 2.45) is 5.92 Å². The summed E-state index contributed by atoms with van der Waals surface area (Å²) in [7, 11) is -4.46. The van der Waals surface area contributed by atoms with E-state index >= 15 is 0 Å². The molecule has 0 radical (unpaired) electrons. The van der Waals surface area contributed by atoms with Crippen LogP contribution in [0.1, 0.15) is 69.6 Å². The van der Waals surface area contributed by atoms with Crippen molar-refractivity contribution in [1.29, 1.82) is 0 Å². The minimum absolute atomic E-state index is 0.00376. The Bertz CT molecular complexity index is 1420. The van der Waals surface area contributed by atoms with Gasteiger partial charge in [0.05, 0.1) is 30.4 Å². The maximum atomic E-state index is 13.8. The largest absolute Gasteiger partial charge is 0.411 e. The van der Waals surface area contributed by atoms with Crippen LogP contribution in [0.2, 0.25) is 36.3 Å². The van der Waals surface area contributed by atoms with Gasteiger partial charge in [0.15, 0.2) is 16.6 Å². The van der Waals surface area contributed by atoms with Crippen LogP contribution in [0.15, 0.2) is 55.1 Å². The molecule has 44 heavy (non-hydrogen) atoms. The molecule has 3 aromatic rings. The normalized spacial score (nSPS) is 21.4. The average molecular weight is 638 g/mol. The first-order valence-corrected chi connectivity index (χ1v) is 21.4. The molecule has 0 aliphatic heterocycles. The number of nitrogens with zero attached hydrogens (tertiary/aromatic N) is 4. The van der Waals surface area contributed by atoms with E-state index < -0.39 is 16.6 Å². The van der Waals surface area contributed by atoms with Crippen molar-refractivity contribution in [3.63, 3.8) is 0 Å². The monoisotopic (exact) mass is 637 g/mol. The predicted molar refractivity (Wildman–Crippen MR) is 180 cm³/mol. The van der Waals surface area contributed by atoms with E-state index in [9.17, 15) is 9.90 Å². The Balaban J connectivity index is 1.64. The quantitative estimate of drug-likeness (QED) is 0.180. The van der Waals surface area contributed by atoms with E-state index in [2.05, 4.69) is 88.1 Å². The van der Waals surface area contributed by atoms with Gasteiger partial charge in [-0.15, -0.1) is 0 Å². The molecule has 2 aromatic heterocycles. The Kier molecular flexibility index (Phi) is 10.1. The lowest BCUT2D eigenvalue weighted by molar-refractivity contribution is 0.0187. The third-order valence-electron chi connectivity index (χ3n) is 9.79. The molecule has 9 nitrogen and oxygen atoms in total. The van der Waals surface area contributed by atoms with Gasteiger partial charge in [-0.3, -0.25) is 9.48 Å². The summed E-state index contributed by atoms with van der Waals surface area (Å²) in [6.45, 7) is 22.9. The fourth-order valence-electron chi connectivity index (χ4n) is 5.02. The minimum Gasteiger partial charge on any atom is -0.411 e. The topological polar surface area (TPSA) is 111 Å². The predicted octanol–water partition coefficient (Wildman–Crippen LogP) is 6.53. The van der Waals surface area contributed by atoms with Crippen molar-refractivity contribution in [3.05, 3.63) is 71.9 Å². The van der Waals surface area contributed by atoms with Crippen LogP contribution in [0, 0.1) is 5.92 Å². The summed E-state index contributed by atoms with van der Waals surface area (Å²) in [5, 5.41) is 18.7. The maximum absolute atomic E-state index is 13.8. The first kappa shape index (κ1) is 34.2. The third-order valence-corrected chi connectivity index (χ3v) is 18.7. The number of aromatic nitrogens is 4. The summed E-state index contributed by atoms with van der Waals surface area (Å²) in [6.07, 6.45) is 4.80. The van der Waals surface area contributed by atoms with Crippen molar-refractivity contribution < 1.29 is 18.8 Å². The highest BCUT2D eigenvalue weighted by atomic mass is 28.4. The molecule has 1 saturated carbocycles. The van der Waals surface area contributed by atoms with Crippen molar-refractivity contribution in [1.82, 2.24) is 19.7 Å². The number of hydrogen-bond donors (Lipinski definition) is 2. The standard InChI is InChI=1S/C33H51N5O4Si2/c1-32(2,3)43(7,8)41-29-24(21-39)18-27(30(29)42-44(9,10)33(4,5)6)36-31-25(19-34-22-35-31)28(40)26-16-17-38(37-26)20-23-14-12-11-13-15-23/h11-17,19,22,24,27,29-30,39H,18,20-21H2,1-10H3,(H,34,35,36)/t24-,27-,29-,30-/m1/s1. The molecule has 0 spiro atoms. The van der Waals surface area contributed by atoms with E-state index in [0.29, 0.717) is 30.0 Å². The van der Waals surface area contributed by atoms with Crippen LogP contribution in [0.3, 0.4) is 0 Å². The lowest BCUT2D eigenvalue weighted by atomic mass is 10.1. The van der Waals surface area contributed by atoms with Gasteiger partial charge in [0.2, 0.25) is 5.78 Å². The van der Waals surface area contributed by atoms with Crippen LogP contribution in [-0.4, -0.2) is 72.1 Å². The Morgan fingerprint density at radius 3 is 2.18 bits per heavy atom. The van der Waals surface area contributed by atoms with Crippen LogP contribution in [0.25, 0.3) is 0 Å². The molecule has 2 N–H and O–H groups in total. The van der Waals surface area contributed by atoms with Gasteiger partial charge in [-0.05, 0) is 54.3 Å². The lowest BCUT2D eigenvalue weighted by Gasteiger charge is -2.45. The van der Waals surface area contributed by atoms with E-state index in [1.54, 1.807) is 16.9 Å². The van der Waals surface area contributed by atoms with Crippen LogP contribution in [-0.2, 0) is 15.4 Å². The Labute approximate surface area is 265 Å². The molecular formula is C33H51N5O4Si2. The first-order valence-electron chi connectivity index (χ1n) is 15.6. The number of benzene rings is 1. The number of aliphatic hydroxyl groups excluding tert-OH is 1. The van der Waals surface area contributed by atoms with Crippen LogP contribution >= 0.6 is 0 Å². The molecule has 240 valence electrons. The average Bonchev–Trinajstić information content (AvgIpc) is 3.52. The summed E-state index contributed by atoms with van der Waals surface area (Å²) in [4.78, 5) is 22.5. The summed E-state index contributed by atoms with van der Waals surface area (Å²) >= 11 is 0. The molecular weight excluding hydrogens is 587 g/mol. The van der Waals surface area contributed by atoms with E-state index in [4.69, 9.17) is 8.85 Å². The van der Waals surface area contributed by atoms with Gasteiger partial charge < -0.3 is 19.3 Å². The van der Waals surface area contributed by atoms with Crippen molar-refractivity contribution in [3.8, 4) is 0 Å². The summed E-state index contributed by atoms with van der Waals surface area (Å²) in [5.41, 5.74) is 1.77. The number of rotatable bonds is 11. The number of anilines is 1. The molecule has 1 aliphatic rings. The second-order valence-corrected chi connectivity index (χ2v) is 24.6. The highest BCUT2D eigenvalue weighted by molar-refractivity contribution is 6.74. The zero-order valence-corrected chi connectivity index (χ0v) is 30.1. The third kappa shape index (κ3) is 7.56. The highest BCUT2D eigenvalue weighted by Crippen LogP contribution is 2.45. The number of carbonyl (C=O) groups excluding carboxylic acids is 1. The second-order valence-electron chi connectivity index (χ2n) is 15.1. The molecule has 4 rings (SSSR count). The fraction of sp³-hybridized carbons (Fsp3) is 0.576. The van der Waals surface area contributed by atoms with E-state index in [-0.39, 0.29) is 46.6 Å². The van der Waals surface area contributed by atoms with Crippen molar-refractivity contribution in [2.45, 2.75) is 109 Å². The zero-order chi connectivity index (χ0) is 32.5. The van der Waals surface area contributed by atoms with E-state index in [0.717, 1.165) is 5.56 Å². The number of aliphatic hydroxyl groups is 1. The second kappa shape index (κ2) is 13.0. The van der Waals surface area contributed by atoms with E-state index in [1.807, 2.05) is 36.5 Å². The molecule has 0 unspecified atom stereocenters. The highest BCUT2D eigenvalue weighted by Gasteiger charge is 2.52. The van der Waals surface area contributed by atoms with Crippen LogP contribution < -0.4 is 5.32 Å². The molecule has 0 saturated heterocycles. The zero-order valence-electron chi connectivity index (χ0n) is 28.1. The minimum atomic E-state index is -2.25. The fourth-order valence-corrected chi connectivity index (χ4v) is 7.72. The summed E-state index contributed by atoms with van der Waals surface area (Å²) in [5.74, 6) is 0.0553. The van der Waals surface area contributed by atoms with Gasteiger partial charge in [-0.2, -0.15) is 5.10 Å². The molecule has 0 bridgehead atoms. The summed E-state index contributed by atoms with van der Waals surface area (Å²) in [6, 6.07) is 11.5. The molecule has 1 aromatic carbocycles. The number of ketones is 1. The van der Waals surface area contributed by atoms with Gasteiger partial charge in [0, 0.05) is 24.9 Å². The molecule has 0 amide bonds. The smallest absolute Gasteiger partial charge is 0.218 e. The molecule has 1 fully saturated rings.